The van der Waals surface area contributed by atoms with E-state index in [0.29, 0.717) is 18.4 Å². The quantitative estimate of drug-likeness (QED) is 0.779. The van der Waals surface area contributed by atoms with Crippen LogP contribution in [0.2, 0.25) is 0 Å². The number of nitrogens with zero attached hydrogens (tertiary/aromatic N) is 2. The van der Waals surface area contributed by atoms with Crippen molar-refractivity contribution in [2.24, 2.45) is 5.92 Å². The van der Waals surface area contributed by atoms with E-state index < -0.39 is 11.9 Å². The molecular formula is C16H20N4O3S. The number of thioether (sulfide) groups is 1. The van der Waals surface area contributed by atoms with Gasteiger partial charge in [-0.3, -0.25) is 10.1 Å². The maximum absolute atomic E-state index is 11.7. The van der Waals surface area contributed by atoms with Gasteiger partial charge in [0.05, 0.1) is 5.75 Å². The van der Waals surface area contributed by atoms with Gasteiger partial charge < -0.3 is 9.73 Å². The van der Waals surface area contributed by atoms with Crippen LogP contribution in [0.5, 0.6) is 0 Å². The Balaban J connectivity index is 1.81. The van der Waals surface area contributed by atoms with E-state index in [1.54, 1.807) is 0 Å². The third-order valence-corrected chi connectivity index (χ3v) is 3.77. The van der Waals surface area contributed by atoms with Crippen molar-refractivity contribution in [3.8, 4) is 11.5 Å². The molecule has 0 spiro atoms. The minimum Gasteiger partial charge on any atom is -0.411 e. The van der Waals surface area contributed by atoms with Crippen molar-refractivity contribution in [2.75, 3.05) is 12.3 Å². The summed E-state index contributed by atoms with van der Waals surface area (Å²) in [6.07, 6.45) is 0. The van der Waals surface area contributed by atoms with Crippen LogP contribution < -0.4 is 10.6 Å². The summed E-state index contributed by atoms with van der Waals surface area (Å²) in [5, 5.41) is 13.0. The highest BCUT2D eigenvalue weighted by molar-refractivity contribution is 7.99. The molecule has 0 unspecified atom stereocenters. The van der Waals surface area contributed by atoms with Gasteiger partial charge in [0.25, 0.3) is 5.22 Å². The van der Waals surface area contributed by atoms with Gasteiger partial charge in [0.1, 0.15) is 0 Å². The Hall–Kier alpha value is -2.35. The Bertz CT molecular complexity index is 698. The molecule has 7 nitrogen and oxygen atoms in total. The molecule has 2 N–H and O–H groups in total. The average Bonchev–Trinajstić information content (AvgIpc) is 3.00. The van der Waals surface area contributed by atoms with E-state index in [9.17, 15) is 9.59 Å². The maximum Gasteiger partial charge on any atom is 0.321 e. The smallest absolute Gasteiger partial charge is 0.321 e. The van der Waals surface area contributed by atoms with Gasteiger partial charge in [-0.15, -0.1) is 10.2 Å². The molecule has 0 aliphatic heterocycles. The van der Waals surface area contributed by atoms with Gasteiger partial charge >= 0.3 is 6.03 Å². The second-order valence-electron chi connectivity index (χ2n) is 5.68. The van der Waals surface area contributed by atoms with Crippen LogP contribution in [0.1, 0.15) is 19.4 Å². The van der Waals surface area contributed by atoms with Crippen molar-refractivity contribution in [3.05, 3.63) is 29.8 Å². The molecule has 8 heteroatoms. The number of imide groups is 1. The lowest BCUT2D eigenvalue weighted by atomic mass is 10.1. The van der Waals surface area contributed by atoms with Crippen molar-refractivity contribution in [1.29, 1.82) is 0 Å². The molecule has 128 valence electrons. The van der Waals surface area contributed by atoms with Gasteiger partial charge in [-0.1, -0.05) is 43.3 Å². The van der Waals surface area contributed by atoms with Crippen LogP contribution in [0.3, 0.4) is 0 Å². The minimum absolute atomic E-state index is 0.0185. The number of rotatable bonds is 6. The number of hydrogen-bond acceptors (Lipinski definition) is 6. The number of nitrogens with one attached hydrogen (secondary N) is 2. The van der Waals surface area contributed by atoms with E-state index in [4.69, 9.17) is 4.42 Å². The highest BCUT2D eigenvalue weighted by Gasteiger charge is 2.13. The van der Waals surface area contributed by atoms with Gasteiger partial charge in [0.2, 0.25) is 11.8 Å². The number of aromatic nitrogens is 2. The summed E-state index contributed by atoms with van der Waals surface area (Å²) in [6.45, 7) is 6.45. The van der Waals surface area contributed by atoms with Crippen LogP contribution in [0.15, 0.2) is 33.9 Å². The van der Waals surface area contributed by atoms with Crippen LogP contribution in [0.4, 0.5) is 4.79 Å². The summed E-state index contributed by atoms with van der Waals surface area (Å²) in [7, 11) is 0. The molecule has 24 heavy (non-hydrogen) atoms. The number of carbonyl (C=O) groups excluding carboxylic acids is 2. The molecule has 0 bridgehead atoms. The zero-order chi connectivity index (χ0) is 17.5. The molecule has 0 fully saturated rings. The monoisotopic (exact) mass is 348 g/mol. The SMILES string of the molecule is Cc1ccc(-c2nnc(SCC(=O)NC(=O)NCC(C)C)o2)cc1. The highest BCUT2D eigenvalue weighted by Crippen LogP contribution is 2.23. The van der Waals surface area contributed by atoms with Gasteiger partial charge in [0.15, 0.2) is 0 Å². The maximum atomic E-state index is 11.7. The second kappa shape index (κ2) is 8.49. The fraction of sp³-hybridized carbons (Fsp3) is 0.375. The van der Waals surface area contributed by atoms with Crippen LogP contribution in [0.25, 0.3) is 11.5 Å². The third kappa shape index (κ3) is 5.69. The summed E-state index contributed by atoms with van der Waals surface area (Å²) in [4.78, 5) is 23.2. The molecule has 0 aliphatic carbocycles. The molecule has 0 saturated carbocycles. The van der Waals surface area contributed by atoms with Crippen molar-refractivity contribution in [3.63, 3.8) is 0 Å². The summed E-state index contributed by atoms with van der Waals surface area (Å²) >= 11 is 1.08. The van der Waals surface area contributed by atoms with Gasteiger partial charge in [-0.05, 0) is 25.0 Å². The van der Waals surface area contributed by atoms with E-state index in [1.807, 2.05) is 45.0 Å². The number of amides is 3. The zero-order valence-electron chi connectivity index (χ0n) is 13.8. The number of urea groups is 1. The van der Waals surface area contributed by atoms with E-state index in [-0.39, 0.29) is 11.0 Å². The first-order valence-electron chi connectivity index (χ1n) is 7.55. The van der Waals surface area contributed by atoms with Crippen LogP contribution >= 0.6 is 11.8 Å². The Kier molecular flexibility index (Phi) is 6.36. The lowest BCUT2D eigenvalue weighted by Crippen LogP contribution is -2.41. The minimum atomic E-state index is -0.500. The number of carbonyl (C=O) groups is 2. The molecule has 3 amide bonds. The highest BCUT2D eigenvalue weighted by atomic mass is 32.2. The van der Waals surface area contributed by atoms with Crippen molar-refractivity contribution < 1.29 is 14.0 Å². The number of hydrogen-bond donors (Lipinski definition) is 2. The van der Waals surface area contributed by atoms with Crippen LogP contribution in [-0.4, -0.2) is 34.4 Å². The molecule has 2 rings (SSSR count). The van der Waals surface area contributed by atoms with Crippen molar-refractivity contribution in [2.45, 2.75) is 26.0 Å². The van der Waals surface area contributed by atoms with E-state index in [2.05, 4.69) is 20.8 Å². The summed E-state index contributed by atoms with van der Waals surface area (Å²) in [5.41, 5.74) is 1.96. The molecule has 0 atom stereocenters. The van der Waals surface area contributed by atoms with E-state index >= 15 is 0 Å². The first-order chi connectivity index (χ1) is 11.4. The first-order valence-corrected chi connectivity index (χ1v) is 8.53. The topological polar surface area (TPSA) is 97.1 Å². The standard InChI is InChI=1S/C16H20N4O3S/c1-10(2)8-17-15(22)18-13(21)9-24-16-20-19-14(23-16)12-6-4-11(3)5-7-12/h4-7,10H,8-9H2,1-3H3,(H2,17,18,21,22). The summed E-state index contributed by atoms with van der Waals surface area (Å²) in [5.74, 6) is 0.313. The van der Waals surface area contributed by atoms with Gasteiger partial charge in [-0.25, -0.2) is 4.79 Å². The molecule has 2 aromatic rings. The predicted octanol–water partition coefficient (Wildman–Crippen LogP) is 2.62. The average molecular weight is 348 g/mol. The Labute approximate surface area is 144 Å². The molecule has 0 aliphatic rings. The van der Waals surface area contributed by atoms with Crippen LogP contribution in [-0.2, 0) is 4.79 Å². The predicted molar refractivity (Wildman–Crippen MR) is 91.6 cm³/mol. The fourth-order valence-electron chi connectivity index (χ4n) is 1.71. The molecule has 0 radical (unpaired) electrons. The Morgan fingerprint density at radius 3 is 2.58 bits per heavy atom. The van der Waals surface area contributed by atoms with Crippen molar-refractivity contribution >= 4 is 23.7 Å². The van der Waals surface area contributed by atoms with Crippen LogP contribution in [0, 0.1) is 12.8 Å². The fourth-order valence-corrected chi connectivity index (χ4v) is 2.28. The van der Waals surface area contributed by atoms with Gasteiger partial charge in [-0.2, -0.15) is 0 Å². The first kappa shape index (κ1) is 18.0. The summed E-state index contributed by atoms with van der Waals surface area (Å²) in [6, 6.07) is 7.19. The largest absolute Gasteiger partial charge is 0.411 e. The normalized spacial score (nSPS) is 10.7. The molecule has 1 heterocycles. The zero-order valence-corrected chi connectivity index (χ0v) is 14.6. The van der Waals surface area contributed by atoms with E-state index in [1.165, 1.54) is 0 Å². The molecular weight excluding hydrogens is 328 g/mol. The molecule has 1 aromatic carbocycles. The third-order valence-electron chi connectivity index (χ3n) is 2.96. The lowest BCUT2D eigenvalue weighted by Gasteiger charge is -2.07. The van der Waals surface area contributed by atoms with Gasteiger partial charge in [0, 0.05) is 12.1 Å². The Morgan fingerprint density at radius 1 is 1.21 bits per heavy atom. The lowest BCUT2D eigenvalue weighted by molar-refractivity contribution is -0.117. The van der Waals surface area contributed by atoms with Crippen molar-refractivity contribution in [1.82, 2.24) is 20.8 Å². The number of aryl methyl sites for hydroxylation is 1. The molecule has 1 aromatic heterocycles. The Morgan fingerprint density at radius 2 is 1.92 bits per heavy atom. The molecule has 0 saturated heterocycles. The number of benzene rings is 1. The second-order valence-corrected chi connectivity index (χ2v) is 6.61. The summed E-state index contributed by atoms with van der Waals surface area (Å²) < 4.78 is 5.50. The van der Waals surface area contributed by atoms with E-state index in [0.717, 1.165) is 22.9 Å².